The van der Waals surface area contributed by atoms with E-state index in [1.807, 2.05) is 20.9 Å². The van der Waals surface area contributed by atoms with Gasteiger partial charge >= 0.3 is 0 Å². The molecule has 0 spiro atoms. The normalized spacial score (nSPS) is 10.8. The first kappa shape index (κ1) is 14.4. The molecular weight excluding hydrogens is 257 g/mol. The molecular formula is C15H18FN3O. The molecule has 0 unspecified atom stereocenters. The second-order valence-corrected chi connectivity index (χ2v) is 4.78. The highest BCUT2D eigenvalue weighted by Gasteiger charge is 2.11. The molecule has 20 heavy (non-hydrogen) atoms. The molecule has 0 atom stereocenters. The highest BCUT2D eigenvalue weighted by Crippen LogP contribution is 2.25. The lowest BCUT2D eigenvalue weighted by molar-refractivity contribution is 0.460. The van der Waals surface area contributed by atoms with Gasteiger partial charge in [-0.05, 0) is 19.2 Å². The summed E-state index contributed by atoms with van der Waals surface area (Å²) in [6, 6.07) is 6.01. The van der Waals surface area contributed by atoms with Crippen molar-refractivity contribution in [2.24, 2.45) is 0 Å². The van der Waals surface area contributed by atoms with E-state index in [2.05, 4.69) is 15.3 Å². The summed E-state index contributed by atoms with van der Waals surface area (Å²) in [4.78, 5) is 8.77. The van der Waals surface area contributed by atoms with Gasteiger partial charge in [0.2, 0.25) is 0 Å². The molecule has 2 rings (SSSR count). The Balaban J connectivity index is 2.30. The van der Waals surface area contributed by atoms with Crippen molar-refractivity contribution >= 4 is 0 Å². The zero-order chi connectivity index (χ0) is 14.5. The number of nitrogens with one attached hydrogen (secondary N) is 1. The Kier molecular flexibility index (Phi) is 4.63. The molecule has 106 valence electrons. The summed E-state index contributed by atoms with van der Waals surface area (Å²) in [7, 11) is 1.84. The summed E-state index contributed by atoms with van der Waals surface area (Å²) in [5, 5.41) is 3.04. The number of hydrogen-bond donors (Lipinski definition) is 1. The molecule has 0 aliphatic heterocycles. The van der Waals surface area contributed by atoms with Gasteiger partial charge < -0.3 is 10.1 Å². The Morgan fingerprint density at radius 1 is 1.35 bits per heavy atom. The van der Waals surface area contributed by atoms with Gasteiger partial charge in [-0.1, -0.05) is 19.9 Å². The molecule has 2 aromatic rings. The molecule has 0 radical (unpaired) electrons. The maximum absolute atomic E-state index is 13.2. The zero-order valence-electron chi connectivity index (χ0n) is 11.9. The van der Waals surface area contributed by atoms with Crippen LogP contribution in [-0.4, -0.2) is 17.0 Å². The SMILES string of the molecule is CNCc1nc(C(C)C)ncc1Oc1cccc(F)c1. The molecule has 0 saturated carbocycles. The summed E-state index contributed by atoms with van der Waals surface area (Å²) >= 11 is 0. The van der Waals surface area contributed by atoms with Crippen LogP contribution in [0.2, 0.25) is 0 Å². The van der Waals surface area contributed by atoms with Crippen molar-refractivity contribution < 1.29 is 9.13 Å². The minimum absolute atomic E-state index is 0.244. The fraction of sp³-hybridized carbons (Fsp3) is 0.333. The largest absolute Gasteiger partial charge is 0.454 e. The van der Waals surface area contributed by atoms with Crippen LogP contribution in [0.25, 0.3) is 0 Å². The first-order valence-electron chi connectivity index (χ1n) is 6.54. The molecule has 0 aliphatic rings. The van der Waals surface area contributed by atoms with E-state index >= 15 is 0 Å². The average molecular weight is 275 g/mol. The monoisotopic (exact) mass is 275 g/mol. The van der Waals surface area contributed by atoms with Crippen LogP contribution >= 0.6 is 0 Å². The molecule has 0 fully saturated rings. The molecule has 1 aromatic carbocycles. The van der Waals surface area contributed by atoms with Gasteiger partial charge in [-0.25, -0.2) is 14.4 Å². The number of aromatic nitrogens is 2. The molecule has 0 saturated heterocycles. The summed E-state index contributed by atoms with van der Waals surface area (Å²) in [5.74, 6) is 1.64. The third-order valence-electron chi connectivity index (χ3n) is 2.73. The lowest BCUT2D eigenvalue weighted by Crippen LogP contribution is -2.11. The maximum atomic E-state index is 13.2. The van der Waals surface area contributed by atoms with E-state index in [9.17, 15) is 4.39 Å². The second-order valence-electron chi connectivity index (χ2n) is 4.78. The van der Waals surface area contributed by atoms with Crippen molar-refractivity contribution in [3.8, 4) is 11.5 Å². The number of rotatable bonds is 5. The molecule has 1 aromatic heterocycles. The third-order valence-corrected chi connectivity index (χ3v) is 2.73. The van der Waals surface area contributed by atoms with Gasteiger partial charge in [0.25, 0.3) is 0 Å². The van der Waals surface area contributed by atoms with Crippen LogP contribution in [0.3, 0.4) is 0 Å². The second kappa shape index (κ2) is 6.43. The minimum Gasteiger partial charge on any atom is -0.454 e. The zero-order valence-corrected chi connectivity index (χ0v) is 11.9. The fourth-order valence-electron chi connectivity index (χ4n) is 1.74. The van der Waals surface area contributed by atoms with Gasteiger partial charge in [-0.15, -0.1) is 0 Å². The van der Waals surface area contributed by atoms with Gasteiger partial charge in [0.1, 0.15) is 23.1 Å². The van der Waals surface area contributed by atoms with Crippen LogP contribution in [-0.2, 0) is 6.54 Å². The van der Waals surface area contributed by atoms with Crippen LogP contribution in [0.1, 0.15) is 31.3 Å². The summed E-state index contributed by atoms with van der Waals surface area (Å²) < 4.78 is 18.8. The molecule has 1 heterocycles. The first-order valence-corrected chi connectivity index (χ1v) is 6.54. The average Bonchev–Trinajstić information content (AvgIpc) is 2.41. The Morgan fingerprint density at radius 2 is 2.15 bits per heavy atom. The summed E-state index contributed by atoms with van der Waals surface area (Å²) in [5.41, 5.74) is 0.760. The lowest BCUT2D eigenvalue weighted by atomic mass is 10.2. The third kappa shape index (κ3) is 3.51. The van der Waals surface area contributed by atoms with Crippen molar-refractivity contribution in [1.82, 2.24) is 15.3 Å². The van der Waals surface area contributed by atoms with Crippen molar-refractivity contribution in [2.75, 3.05) is 7.05 Å². The van der Waals surface area contributed by atoms with E-state index in [1.54, 1.807) is 18.3 Å². The van der Waals surface area contributed by atoms with E-state index in [4.69, 9.17) is 4.74 Å². The molecule has 0 amide bonds. The highest BCUT2D eigenvalue weighted by molar-refractivity contribution is 5.33. The van der Waals surface area contributed by atoms with Gasteiger partial charge in [0, 0.05) is 18.5 Å². The van der Waals surface area contributed by atoms with E-state index < -0.39 is 0 Å². The van der Waals surface area contributed by atoms with Crippen LogP contribution in [0.4, 0.5) is 4.39 Å². The summed E-state index contributed by atoms with van der Waals surface area (Å²) in [6.45, 7) is 4.63. The van der Waals surface area contributed by atoms with Crippen LogP contribution in [0, 0.1) is 5.82 Å². The Bertz CT molecular complexity index is 587. The van der Waals surface area contributed by atoms with Crippen molar-refractivity contribution in [2.45, 2.75) is 26.3 Å². The predicted molar refractivity (Wildman–Crippen MR) is 75.4 cm³/mol. The number of nitrogens with zero attached hydrogens (tertiary/aromatic N) is 2. The molecule has 0 bridgehead atoms. The van der Waals surface area contributed by atoms with Gasteiger partial charge in [0.05, 0.1) is 6.20 Å². The van der Waals surface area contributed by atoms with Crippen LogP contribution < -0.4 is 10.1 Å². The van der Waals surface area contributed by atoms with Crippen LogP contribution in [0.5, 0.6) is 11.5 Å². The molecule has 1 N–H and O–H groups in total. The number of benzene rings is 1. The van der Waals surface area contributed by atoms with E-state index in [0.29, 0.717) is 18.0 Å². The minimum atomic E-state index is -0.336. The molecule has 4 nitrogen and oxygen atoms in total. The predicted octanol–water partition coefficient (Wildman–Crippen LogP) is 3.25. The number of hydrogen-bond acceptors (Lipinski definition) is 4. The van der Waals surface area contributed by atoms with Gasteiger partial charge in [-0.3, -0.25) is 0 Å². The van der Waals surface area contributed by atoms with E-state index in [1.165, 1.54) is 12.1 Å². The topological polar surface area (TPSA) is 47.0 Å². The lowest BCUT2D eigenvalue weighted by Gasteiger charge is -2.12. The van der Waals surface area contributed by atoms with E-state index in [0.717, 1.165) is 11.5 Å². The van der Waals surface area contributed by atoms with Gasteiger partial charge in [-0.2, -0.15) is 0 Å². The smallest absolute Gasteiger partial charge is 0.168 e. The first-order chi connectivity index (χ1) is 9.60. The van der Waals surface area contributed by atoms with E-state index in [-0.39, 0.29) is 11.7 Å². The van der Waals surface area contributed by atoms with Crippen LogP contribution in [0.15, 0.2) is 30.5 Å². The Morgan fingerprint density at radius 3 is 2.80 bits per heavy atom. The molecule has 0 aliphatic carbocycles. The maximum Gasteiger partial charge on any atom is 0.168 e. The number of ether oxygens (including phenoxy) is 1. The standard InChI is InChI=1S/C15H18FN3O/c1-10(2)15-18-9-14(13(19-15)8-17-3)20-12-6-4-5-11(16)7-12/h4-7,9-10,17H,8H2,1-3H3. The highest BCUT2D eigenvalue weighted by atomic mass is 19.1. The Hall–Kier alpha value is -2.01. The Labute approximate surface area is 118 Å². The fourth-order valence-corrected chi connectivity index (χ4v) is 1.74. The summed E-state index contributed by atoms with van der Waals surface area (Å²) in [6.07, 6.45) is 1.64. The van der Waals surface area contributed by atoms with Crippen molar-refractivity contribution in [3.63, 3.8) is 0 Å². The van der Waals surface area contributed by atoms with Gasteiger partial charge in [0.15, 0.2) is 5.75 Å². The van der Waals surface area contributed by atoms with Crippen molar-refractivity contribution in [3.05, 3.63) is 47.8 Å². The number of halogens is 1. The molecule has 5 heteroatoms. The quantitative estimate of drug-likeness (QED) is 0.910. The van der Waals surface area contributed by atoms with Crippen molar-refractivity contribution in [1.29, 1.82) is 0 Å².